The monoisotopic (exact) mass is 465 g/mol. The summed E-state index contributed by atoms with van der Waals surface area (Å²) in [6.07, 6.45) is 2.43. The summed E-state index contributed by atoms with van der Waals surface area (Å²) in [6, 6.07) is 8.75. The van der Waals surface area contributed by atoms with Gasteiger partial charge in [0.25, 0.3) is 0 Å². The highest BCUT2D eigenvalue weighted by molar-refractivity contribution is 6.04. The molecular formula is C26H27NO7. The molecule has 0 saturated carbocycles. The van der Waals surface area contributed by atoms with Crippen LogP contribution in [0.1, 0.15) is 56.8 Å². The van der Waals surface area contributed by atoms with Crippen LogP contribution in [0.4, 0.5) is 0 Å². The van der Waals surface area contributed by atoms with Gasteiger partial charge in [0.1, 0.15) is 5.76 Å². The summed E-state index contributed by atoms with van der Waals surface area (Å²) >= 11 is 0. The molecule has 34 heavy (non-hydrogen) atoms. The van der Waals surface area contributed by atoms with Crippen LogP contribution >= 0.6 is 0 Å². The lowest BCUT2D eigenvalue weighted by Crippen LogP contribution is -2.36. The molecular weight excluding hydrogens is 438 g/mol. The van der Waals surface area contributed by atoms with Gasteiger partial charge in [0.15, 0.2) is 17.3 Å². The van der Waals surface area contributed by atoms with E-state index in [0.717, 1.165) is 11.5 Å². The number of benzene rings is 1. The molecule has 2 aliphatic rings. The summed E-state index contributed by atoms with van der Waals surface area (Å²) < 4.78 is 21.6. The van der Waals surface area contributed by atoms with E-state index in [0.29, 0.717) is 41.2 Å². The van der Waals surface area contributed by atoms with Gasteiger partial charge < -0.3 is 23.9 Å². The van der Waals surface area contributed by atoms with Crippen molar-refractivity contribution in [2.24, 2.45) is 0 Å². The third-order valence-corrected chi connectivity index (χ3v) is 6.03. The fraction of sp³-hybridized carbons (Fsp3) is 0.346. The predicted octanol–water partition coefficient (Wildman–Crippen LogP) is 4.14. The summed E-state index contributed by atoms with van der Waals surface area (Å²) in [7, 11) is 1.31. The highest BCUT2D eigenvalue weighted by atomic mass is 16.6. The number of carbonyl (C=O) groups excluding carboxylic acids is 3. The molecule has 1 N–H and O–H groups in total. The zero-order valence-electron chi connectivity index (χ0n) is 19.6. The Labute approximate surface area is 197 Å². The van der Waals surface area contributed by atoms with Crippen LogP contribution in [-0.2, 0) is 19.1 Å². The number of furan rings is 1. The first-order valence-electron chi connectivity index (χ1n) is 11.1. The lowest BCUT2D eigenvalue weighted by atomic mass is 9.72. The van der Waals surface area contributed by atoms with E-state index in [2.05, 4.69) is 5.32 Å². The lowest BCUT2D eigenvalue weighted by Gasteiger charge is -2.36. The second-order valence-corrected chi connectivity index (χ2v) is 8.26. The van der Waals surface area contributed by atoms with Crippen molar-refractivity contribution in [1.29, 1.82) is 0 Å². The van der Waals surface area contributed by atoms with Gasteiger partial charge in [-0.15, -0.1) is 0 Å². The summed E-state index contributed by atoms with van der Waals surface area (Å²) in [5, 5.41) is 3.28. The SMILES string of the molecule is CCOc1cc([C@H]2C(C(=O)OC)=C(C)NC3=C2C(=O)C[C@@H](c2ccco2)C3)ccc1OC(C)=O. The number of methoxy groups -OCH3 is 1. The number of dihydropyridines is 1. The van der Waals surface area contributed by atoms with Crippen LogP contribution in [0, 0.1) is 0 Å². The topological polar surface area (TPSA) is 104 Å². The number of ether oxygens (including phenoxy) is 3. The van der Waals surface area contributed by atoms with E-state index in [4.69, 9.17) is 18.6 Å². The van der Waals surface area contributed by atoms with Crippen LogP contribution in [0.3, 0.4) is 0 Å². The van der Waals surface area contributed by atoms with Crippen molar-refractivity contribution < 1.29 is 33.0 Å². The molecule has 2 heterocycles. The van der Waals surface area contributed by atoms with E-state index in [1.165, 1.54) is 14.0 Å². The van der Waals surface area contributed by atoms with Gasteiger partial charge in [0.05, 0.1) is 25.6 Å². The highest BCUT2D eigenvalue weighted by Crippen LogP contribution is 2.47. The molecule has 1 aliphatic heterocycles. The number of esters is 2. The molecule has 2 aromatic rings. The highest BCUT2D eigenvalue weighted by Gasteiger charge is 2.42. The number of hydrogen-bond acceptors (Lipinski definition) is 8. The minimum absolute atomic E-state index is 0.0731. The number of hydrogen-bond donors (Lipinski definition) is 1. The van der Waals surface area contributed by atoms with Crippen molar-refractivity contribution in [3.8, 4) is 11.5 Å². The van der Waals surface area contributed by atoms with E-state index in [9.17, 15) is 14.4 Å². The maximum atomic E-state index is 13.5. The van der Waals surface area contributed by atoms with E-state index in [1.807, 2.05) is 13.0 Å². The maximum absolute atomic E-state index is 13.5. The molecule has 8 nitrogen and oxygen atoms in total. The van der Waals surface area contributed by atoms with E-state index in [-0.39, 0.29) is 23.9 Å². The van der Waals surface area contributed by atoms with Crippen molar-refractivity contribution >= 4 is 17.7 Å². The molecule has 1 aromatic carbocycles. The van der Waals surface area contributed by atoms with Crippen molar-refractivity contribution in [3.05, 3.63) is 70.5 Å². The predicted molar refractivity (Wildman–Crippen MR) is 122 cm³/mol. The van der Waals surface area contributed by atoms with Crippen molar-refractivity contribution in [3.63, 3.8) is 0 Å². The molecule has 0 amide bonds. The molecule has 0 saturated heterocycles. The molecule has 1 aromatic heterocycles. The van der Waals surface area contributed by atoms with Gasteiger partial charge >= 0.3 is 11.9 Å². The maximum Gasteiger partial charge on any atom is 0.336 e. The molecule has 1 aliphatic carbocycles. The molecule has 2 atom stereocenters. The summed E-state index contributed by atoms with van der Waals surface area (Å²) in [4.78, 5) is 37.9. The number of rotatable bonds is 6. The Balaban J connectivity index is 1.83. The van der Waals surface area contributed by atoms with Crippen LogP contribution in [0.2, 0.25) is 0 Å². The molecule has 0 unspecified atom stereocenters. The molecule has 8 heteroatoms. The lowest BCUT2D eigenvalue weighted by molar-refractivity contribution is -0.136. The van der Waals surface area contributed by atoms with Crippen molar-refractivity contribution in [2.45, 2.75) is 45.4 Å². The van der Waals surface area contributed by atoms with E-state index >= 15 is 0 Å². The Kier molecular flexibility index (Phi) is 6.58. The molecule has 0 bridgehead atoms. The van der Waals surface area contributed by atoms with E-state index < -0.39 is 17.9 Å². The Morgan fingerprint density at radius 1 is 1.18 bits per heavy atom. The molecule has 4 rings (SSSR count). The van der Waals surface area contributed by atoms with Gasteiger partial charge in [0.2, 0.25) is 0 Å². The Hall–Kier alpha value is -3.81. The van der Waals surface area contributed by atoms with Crippen molar-refractivity contribution in [2.75, 3.05) is 13.7 Å². The third kappa shape index (κ3) is 4.35. The van der Waals surface area contributed by atoms with Crippen LogP contribution in [0.25, 0.3) is 0 Å². The van der Waals surface area contributed by atoms with Crippen LogP contribution in [-0.4, -0.2) is 31.4 Å². The minimum atomic E-state index is -0.653. The Morgan fingerprint density at radius 2 is 1.97 bits per heavy atom. The Bertz CT molecular complexity index is 1190. The zero-order valence-corrected chi connectivity index (χ0v) is 19.6. The smallest absolute Gasteiger partial charge is 0.336 e. The van der Waals surface area contributed by atoms with Gasteiger partial charge in [0, 0.05) is 42.1 Å². The third-order valence-electron chi connectivity index (χ3n) is 6.03. The molecule has 0 fully saturated rings. The largest absolute Gasteiger partial charge is 0.490 e. The molecule has 178 valence electrons. The minimum Gasteiger partial charge on any atom is -0.490 e. The van der Waals surface area contributed by atoms with Crippen LogP contribution in [0.15, 0.2) is 63.6 Å². The average molecular weight is 466 g/mol. The van der Waals surface area contributed by atoms with Gasteiger partial charge in [-0.3, -0.25) is 9.59 Å². The van der Waals surface area contributed by atoms with Crippen LogP contribution in [0.5, 0.6) is 11.5 Å². The number of ketones is 1. The average Bonchev–Trinajstić information content (AvgIpc) is 3.33. The second kappa shape index (κ2) is 9.59. The number of nitrogens with one attached hydrogen (secondary N) is 1. The van der Waals surface area contributed by atoms with Gasteiger partial charge in [-0.1, -0.05) is 6.07 Å². The molecule has 0 spiro atoms. The number of allylic oxidation sites excluding steroid dienone is 3. The quantitative estimate of drug-likeness (QED) is 0.502. The fourth-order valence-electron chi connectivity index (χ4n) is 4.69. The molecule has 0 radical (unpaired) electrons. The first kappa shape index (κ1) is 23.4. The fourth-order valence-corrected chi connectivity index (χ4v) is 4.69. The second-order valence-electron chi connectivity index (χ2n) is 8.26. The standard InChI is InChI=1S/C26H27NO7/c1-5-32-22-13-16(8-9-21(22)34-15(3)28)24-23(26(30)31-4)14(2)27-18-11-17(12-19(29)25(18)24)20-7-6-10-33-20/h6-10,13,17,24,27H,5,11-12H2,1-4H3/t17-,24-/m0/s1. The first-order chi connectivity index (χ1) is 16.3. The van der Waals surface area contributed by atoms with Crippen molar-refractivity contribution in [1.82, 2.24) is 5.32 Å². The van der Waals surface area contributed by atoms with E-state index in [1.54, 1.807) is 37.5 Å². The number of Topliss-reactive ketones (excluding diaryl/α,β-unsaturated/α-hetero) is 1. The zero-order chi connectivity index (χ0) is 24.4. The van der Waals surface area contributed by atoms with Crippen LogP contribution < -0.4 is 14.8 Å². The summed E-state index contributed by atoms with van der Waals surface area (Å²) in [5.41, 5.74) is 2.92. The normalized spacial score (nSPS) is 19.9. The summed E-state index contributed by atoms with van der Waals surface area (Å²) in [5.74, 6) is -0.433. The summed E-state index contributed by atoms with van der Waals surface area (Å²) in [6.45, 7) is 5.27. The Morgan fingerprint density at radius 3 is 2.62 bits per heavy atom. The van der Waals surface area contributed by atoms with Gasteiger partial charge in [-0.25, -0.2) is 4.79 Å². The van der Waals surface area contributed by atoms with Gasteiger partial charge in [-0.2, -0.15) is 0 Å². The first-order valence-corrected chi connectivity index (χ1v) is 11.1. The van der Waals surface area contributed by atoms with Gasteiger partial charge in [-0.05, 0) is 50.1 Å². The number of carbonyl (C=O) groups is 3.